The smallest absolute Gasteiger partial charge is 0.344 e. The Morgan fingerprint density at radius 1 is 0.649 bits per heavy atom. The maximum Gasteiger partial charge on any atom is 0.344 e. The Bertz CT molecular complexity index is 1680. The molecule has 2 aliphatic heterocycles. The summed E-state index contributed by atoms with van der Waals surface area (Å²) in [5.74, 6) is 0.847. The zero-order chi connectivity index (χ0) is 25.5. The van der Waals surface area contributed by atoms with E-state index in [-0.39, 0.29) is 5.97 Å². The van der Waals surface area contributed by atoms with Gasteiger partial charge in [0.25, 0.3) is 0 Å². The first-order valence-electron chi connectivity index (χ1n) is 12.2. The van der Waals surface area contributed by atoms with E-state index in [0.29, 0.717) is 58.8 Å². The third kappa shape index (κ3) is 3.96. The van der Waals surface area contributed by atoms with Crippen molar-refractivity contribution < 1.29 is 28.5 Å². The Balaban J connectivity index is 1.42. The van der Waals surface area contributed by atoms with E-state index in [1.807, 2.05) is 86.6 Å². The molecule has 0 aromatic heterocycles. The molecule has 6 heteroatoms. The second kappa shape index (κ2) is 9.22. The summed E-state index contributed by atoms with van der Waals surface area (Å²) in [6.45, 7) is 5.56. The summed E-state index contributed by atoms with van der Waals surface area (Å²) in [7, 11) is 0. The summed E-state index contributed by atoms with van der Waals surface area (Å²) >= 11 is 0. The maximum atomic E-state index is 13.0. The lowest BCUT2D eigenvalue weighted by Gasteiger charge is -2.07. The number of rotatable bonds is 7. The summed E-state index contributed by atoms with van der Waals surface area (Å²) in [6.07, 6.45) is 0. The van der Waals surface area contributed by atoms with Crippen LogP contribution < -0.4 is 24.6 Å². The standard InChI is InChI=1S/C31H24O6/c1-3-34-16-17-35-21-10-8-20(9-11-21)27-25-15-13-22-23(29(25)37-31(27)33)12-14-24-26(30(32)36-28(22)24)19-6-4-18(2)5-7-19/h4-15H,3,16-17H2,1-2H3. The minimum atomic E-state index is -0.420. The molecule has 0 fully saturated rings. The van der Waals surface area contributed by atoms with Gasteiger partial charge < -0.3 is 18.9 Å². The zero-order valence-electron chi connectivity index (χ0n) is 20.5. The predicted molar refractivity (Wildman–Crippen MR) is 139 cm³/mol. The van der Waals surface area contributed by atoms with Crippen LogP contribution in [0, 0.1) is 6.92 Å². The molecule has 2 heterocycles. The molecule has 6 rings (SSSR count). The summed E-state index contributed by atoms with van der Waals surface area (Å²) in [5, 5.41) is 2.87. The van der Waals surface area contributed by atoms with E-state index in [1.54, 1.807) is 0 Å². The van der Waals surface area contributed by atoms with Gasteiger partial charge in [0.05, 0.1) is 17.8 Å². The molecule has 2 aliphatic rings. The number of esters is 2. The summed E-state index contributed by atoms with van der Waals surface area (Å²) in [4.78, 5) is 25.8. The minimum absolute atomic E-state index is 0.389. The Kier molecular flexibility index (Phi) is 5.74. The normalized spacial score (nSPS) is 14.0. The van der Waals surface area contributed by atoms with Gasteiger partial charge in [-0.15, -0.1) is 0 Å². The molecule has 6 nitrogen and oxygen atoms in total. The molecule has 0 radical (unpaired) electrons. The van der Waals surface area contributed by atoms with Crippen molar-refractivity contribution in [1.82, 2.24) is 0 Å². The predicted octanol–water partition coefficient (Wildman–Crippen LogP) is 3.80. The Hall–Kier alpha value is -4.42. The monoisotopic (exact) mass is 492 g/mol. The minimum Gasteiger partial charge on any atom is -0.491 e. The molecular weight excluding hydrogens is 468 g/mol. The van der Waals surface area contributed by atoms with Crippen molar-refractivity contribution in [3.8, 4) is 17.2 Å². The fraction of sp³-hybridized carbons (Fsp3) is 0.161. The van der Waals surface area contributed by atoms with E-state index in [0.717, 1.165) is 27.3 Å². The topological polar surface area (TPSA) is 71.1 Å². The van der Waals surface area contributed by atoms with Crippen molar-refractivity contribution in [3.05, 3.63) is 99.9 Å². The van der Waals surface area contributed by atoms with Crippen molar-refractivity contribution in [2.45, 2.75) is 13.8 Å². The SMILES string of the molecule is CCOCCOc1ccc(C2=c3ccc4c5c(ccc4c3OC2=O)=C(c2ccc(C)cc2)C(=O)O5)cc1. The Morgan fingerprint density at radius 2 is 1.16 bits per heavy atom. The number of benzene rings is 4. The number of hydrogen-bond acceptors (Lipinski definition) is 6. The summed E-state index contributed by atoms with van der Waals surface area (Å²) in [6, 6.07) is 22.6. The Labute approximate surface area is 213 Å². The van der Waals surface area contributed by atoms with Crippen LogP contribution in [-0.4, -0.2) is 31.8 Å². The van der Waals surface area contributed by atoms with E-state index in [2.05, 4.69) is 0 Å². The summed E-state index contributed by atoms with van der Waals surface area (Å²) < 4.78 is 22.5. The molecule has 0 spiro atoms. The zero-order valence-corrected chi connectivity index (χ0v) is 20.5. The first kappa shape index (κ1) is 23.0. The van der Waals surface area contributed by atoms with Crippen molar-refractivity contribution in [2.75, 3.05) is 19.8 Å². The van der Waals surface area contributed by atoms with Gasteiger partial charge in [-0.3, -0.25) is 0 Å². The lowest BCUT2D eigenvalue weighted by atomic mass is 9.99. The van der Waals surface area contributed by atoms with Crippen LogP contribution in [0.15, 0.2) is 72.8 Å². The lowest BCUT2D eigenvalue weighted by Crippen LogP contribution is -2.08. The number of carbonyl (C=O) groups excluding carboxylic acids is 2. The van der Waals surface area contributed by atoms with Crippen LogP contribution in [0.4, 0.5) is 0 Å². The fourth-order valence-corrected chi connectivity index (χ4v) is 4.82. The van der Waals surface area contributed by atoms with E-state index >= 15 is 0 Å². The van der Waals surface area contributed by atoms with Crippen molar-refractivity contribution in [3.63, 3.8) is 0 Å². The largest absolute Gasteiger partial charge is 0.491 e. The maximum absolute atomic E-state index is 13.0. The van der Waals surface area contributed by atoms with E-state index in [9.17, 15) is 9.59 Å². The van der Waals surface area contributed by atoms with Crippen LogP contribution in [0.25, 0.3) is 21.9 Å². The molecule has 0 unspecified atom stereocenters. The molecule has 0 saturated heterocycles. The number of carbonyl (C=O) groups is 2. The van der Waals surface area contributed by atoms with Gasteiger partial charge in [0.1, 0.15) is 23.9 Å². The van der Waals surface area contributed by atoms with Gasteiger partial charge in [-0.25, -0.2) is 9.59 Å². The van der Waals surface area contributed by atoms with Gasteiger partial charge in [0.2, 0.25) is 0 Å². The molecule has 184 valence electrons. The van der Waals surface area contributed by atoms with Crippen molar-refractivity contribution in [2.24, 2.45) is 0 Å². The van der Waals surface area contributed by atoms with Gasteiger partial charge in [0, 0.05) is 27.8 Å². The molecule has 4 aromatic carbocycles. The molecule has 4 aromatic rings. The van der Waals surface area contributed by atoms with E-state index < -0.39 is 5.97 Å². The molecule has 0 aliphatic carbocycles. The van der Waals surface area contributed by atoms with Gasteiger partial charge in [-0.05, 0) is 61.4 Å². The van der Waals surface area contributed by atoms with Crippen LogP contribution in [0.5, 0.6) is 17.2 Å². The molecule has 0 atom stereocenters. The average molecular weight is 493 g/mol. The molecule has 0 saturated carbocycles. The quantitative estimate of drug-likeness (QED) is 0.222. The van der Waals surface area contributed by atoms with E-state index in [4.69, 9.17) is 18.9 Å². The first-order valence-corrected chi connectivity index (χ1v) is 12.2. The van der Waals surface area contributed by atoms with Crippen LogP contribution in [0.3, 0.4) is 0 Å². The molecule has 0 amide bonds. The second-order valence-corrected chi connectivity index (χ2v) is 8.94. The molecular formula is C31H24O6. The van der Waals surface area contributed by atoms with Crippen molar-refractivity contribution >= 4 is 33.9 Å². The van der Waals surface area contributed by atoms with Crippen LogP contribution in [0.2, 0.25) is 0 Å². The number of fused-ring (bicyclic) bond motifs is 5. The first-order chi connectivity index (χ1) is 18.0. The van der Waals surface area contributed by atoms with Crippen LogP contribution >= 0.6 is 0 Å². The van der Waals surface area contributed by atoms with E-state index in [1.165, 1.54) is 0 Å². The number of hydrogen-bond donors (Lipinski definition) is 0. The van der Waals surface area contributed by atoms with Gasteiger partial charge >= 0.3 is 11.9 Å². The van der Waals surface area contributed by atoms with Gasteiger partial charge in [-0.2, -0.15) is 0 Å². The molecule has 37 heavy (non-hydrogen) atoms. The molecule has 0 N–H and O–H groups in total. The third-order valence-corrected chi connectivity index (χ3v) is 6.62. The lowest BCUT2D eigenvalue weighted by molar-refractivity contribution is -0.128. The highest BCUT2D eigenvalue weighted by atomic mass is 16.5. The van der Waals surface area contributed by atoms with Crippen LogP contribution in [-0.2, 0) is 14.3 Å². The number of ether oxygens (including phenoxy) is 4. The Morgan fingerprint density at radius 3 is 1.68 bits per heavy atom. The second-order valence-electron chi connectivity index (χ2n) is 8.94. The third-order valence-electron chi connectivity index (χ3n) is 6.62. The number of aryl methyl sites for hydroxylation is 1. The highest BCUT2D eigenvalue weighted by molar-refractivity contribution is 6.23. The van der Waals surface area contributed by atoms with Crippen LogP contribution in [0.1, 0.15) is 23.6 Å². The van der Waals surface area contributed by atoms with Crippen molar-refractivity contribution in [1.29, 1.82) is 0 Å². The fourth-order valence-electron chi connectivity index (χ4n) is 4.82. The highest BCUT2D eigenvalue weighted by Gasteiger charge is 2.30. The van der Waals surface area contributed by atoms with Gasteiger partial charge in [0.15, 0.2) is 0 Å². The highest BCUT2D eigenvalue weighted by Crippen LogP contribution is 2.35. The van der Waals surface area contributed by atoms with Gasteiger partial charge in [-0.1, -0.05) is 42.0 Å². The average Bonchev–Trinajstić information content (AvgIpc) is 3.43. The molecule has 0 bridgehead atoms. The summed E-state index contributed by atoms with van der Waals surface area (Å²) in [5.41, 5.74) is 3.68.